The molecule has 0 aliphatic carbocycles. The summed E-state index contributed by atoms with van der Waals surface area (Å²) in [6, 6.07) is 11.7. The van der Waals surface area contributed by atoms with Gasteiger partial charge in [-0.25, -0.2) is 0 Å². The number of ketones is 1. The van der Waals surface area contributed by atoms with E-state index in [0.29, 0.717) is 28.3 Å². The molecule has 1 N–H and O–H groups in total. The van der Waals surface area contributed by atoms with Gasteiger partial charge in [-0.1, -0.05) is 18.2 Å². The maximum Gasteiger partial charge on any atom is 0.263 e. The quantitative estimate of drug-likeness (QED) is 0.843. The number of para-hydroxylation sites is 1. The van der Waals surface area contributed by atoms with Gasteiger partial charge in [0, 0.05) is 18.2 Å². The number of amides is 1. The molecule has 25 heavy (non-hydrogen) atoms. The SMILES string of the molecule is COc1ccc(C(=O)C[C@@]2(O)C(=O)N(C)c3ccccc32)cc1OC. The number of benzene rings is 2. The first-order valence-electron chi connectivity index (χ1n) is 7.77. The van der Waals surface area contributed by atoms with Crippen LogP contribution in [0, 0.1) is 0 Å². The zero-order valence-electron chi connectivity index (χ0n) is 14.3. The molecule has 0 unspecified atom stereocenters. The molecule has 6 heteroatoms. The van der Waals surface area contributed by atoms with Crippen molar-refractivity contribution in [1.82, 2.24) is 0 Å². The van der Waals surface area contributed by atoms with Crippen molar-refractivity contribution >= 4 is 17.4 Å². The molecule has 0 saturated heterocycles. The largest absolute Gasteiger partial charge is 0.493 e. The van der Waals surface area contributed by atoms with Crippen LogP contribution in [0.3, 0.4) is 0 Å². The lowest BCUT2D eigenvalue weighted by Gasteiger charge is -2.21. The molecule has 1 aliphatic heterocycles. The van der Waals surface area contributed by atoms with Crippen molar-refractivity contribution in [3.05, 3.63) is 53.6 Å². The molecular weight excluding hydrogens is 322 g/mol. The number of ether oxygens (including phenoxy) is 2. The van der Waals surface area contributed by atoms with Crippen LogP contribution in [0.2, 0.25) is 0 Å². The van der Waals surface area contributed by atoms with Gasteiger partial charge in [0.1, 0.15) is 0 Å². The van der Waals surface area contributed by atoms with E-state index in [-0.39, 0.29) is 12.2 Å². The van der Waals surface area contributed by atoms with Crippen LogP contribution in [-0.4, -0.2) is 38.1 Å². The van der Waals surface area contributed by atoms with Gasteiger partial charge in [-0.3, -0.25) is 9.59 Å². The minimum atomic E-state index is -1.87. The average molecular weight is 341 g/mol. The minimum Gasteiger partial charge on any atom is -0.493 e. The highest BCUT2D eigenvalue weighted by Crippen LogP contribution is 2.42. The summed E-state index contributed by atoms with van der Waals surface area (Å²) in [5.41, 5.74) is -0.479. The third-order valence-corrected chi connectivity index (χ3v) is 4.49. The minimum absolute atomic E-state index is 0.339. The number of fused-ring (bicyclic) bond motifs is 1. The Labute approximate surface area is 145 Å². The number of aliphatic hydroxyl groups is 1. The summed E-state index contributed by atoms with van der Waals surface area (Å²) in [5.74, 6) is 0.0415. The van der Waals surface area contributed by atoms with Gasteiger partial charge in [0.15, 0.2) is 22.9 Å². The first-order chi connectivity index (χ1) is 11.9. The standard InChI is InChI=1S/C19H19NO5/c1-20-14-7-5-4-6-13(14)19(23,18(20)22)11-15(21)12-8-9-16(24-2)17(10-12)25-3/h4-10,23H,11H2,1-3H3/t19-/m0/s1. The third kappa shape index (κ3) is 2.64. The highest BCUT2D eigenvalue weighted by atomic mass is 16.5. The summed E-state index contributed by atoms with van der Waals surface area (Å²) in [4.78, 5) is 26.6. The first-order valence-corrected chi connectivity index (χ1v) is 7.77. The number of hydrogen-bond donors (Lipinski definition) is 1. The first kappa shape index (κ1) is 17.0. The van der Waals surface area contributed by atoms with Crippen molar-refractivity contribution in [1.29, 1.82) is 0 Å². The van der Waals surface area contributed by atoms with Crippen molar-refractivity contribution in [2.75, 3.05) is 26.2 Å². The van der Waals surface area contributed by atoms with Crippen molar-refractivity contribution in [3.63, 3.8) is 0 Å². The number of carbonyl (C=O) groups is 2. The van der Waals surface area contributed by atoms with E-state index < -0.39 is 11.5 Å². The number of Topliss-reactive ketones (excluding diaryl/α,β-unsaturated/α-hetero) is 1. The number of likely N-dealkylation sites (N-methyl/N-ethyl adjacent to an activating group) is 1. The Morgan fingerprint density at radius 2 is 1.80 bits per heavy atom. The Kier molecular flexibility index (Phi) is 4.22. The molecule has 3 rings (SSSR count). The topological polar surface area (TPSA) is 76.1 Å². The second kappa shape index (κ2) is 6.22. The fraction of sp³-hybridized carbons (Fsp3) is 0.263. The molecule has 0 fully saturated rings. The third-order valence-electron chi connectivity index (χ3n) is 4.49. The fourth-order valence-electron chi connectivity index (χ4n) is 3.13. The Bertz CT molecular complexity index is 847. The predicted molar refractivity (Wildman–Crippen MR) is 92.2 cm³/mol. The van der Waals surface area contributed by atoms with E-state index in [1.54, 1.807) is 49.5 Å². The molecule has 1 aliphatic rings. The summed E-state index contributed by atoms with van der Waals surface area (Å²) in [5, 5.41) is 11.0. The van der Waals surface area contributed by atoms with Crippen LogP contribution < -0.4 is 14.4 Å². The number of hydrogen-bond acceptors (Lipinski definition) is 5. The normalized spacial score (nSPS) is 18.9. The van der Waals surface area contributed by atoms with E-state index in [4.69, 9.17) is 9.47 Å². The van der Waals surface area contributed by atoms with Crippen LogP contribution in [-0.2, 0) is 10.4 Å². The summed E-state index contributed by atoms with van der Waals surface area (Å²) in [7, 11) is 4.57. The lowest BCUT2D eigenvalue weighted by atomic mass is 9.88. The lowest BCUT2D eigenvalue weighted by molar-refractivity contribution is -0.135. The van der Waals surface area contributed by atoms with Crippen LogP contribution in [0.15, 0.2) is 42.5 Å². The van der Waals surface area contributed by atoms with Crippen LogP contribution in [0.5, 0.6) is 11.5 Å². The van der Waals surface area contributed by atoms with Gasteiger partial charge < -0.3 is 19.5 Å². The van der Waals surface area contributed by atoms with Crippen molar-refractivity contribution < 1.29 is 24.2 Å². The van der Waals surface area contributed by atoms with Crippen molar-refractivity contribution in [2.24, 2.45) is 0 Å². The van der Waals surface area contributed by atoms with E-state index >= 15 is 0 Å². The number of methoxy groups -OCH3 is 2. The Hall–Kier alpha value is -2.86. The molecule has 130 valence electrons. The summed E-state index contributed by atoms with van der Waals surface area (Å²) in [6.45, 7) is 0. The molecule has 2 aromatic rings. The molecule has 1 atom stereocenters. The highest BCUT2D eigenvalue weighted by Gasteiger charge is 2.49. The molecule has 0 bridgehead atoms. The Morgan fingerprint density at radius 1 is 1.12 bits per heavy atom. The monoisotopic (exact) mass is 341 g/mol. The van der Waals surface area contributed by atoms with Gasteiger partial charge in [0.2, 0.25) is 0 Å². The van der Waals surface area contributed by atoms with Gasteiger partial charge in [0.05, 0.1) is 26.3 Å². The zero-order chi connectivity index (χ0) is 18.2. The molecule has 1 heterocycles. The second-order valence-corrected chi connectivity index (χ2v) is 5.91. The number of rotatable bonds is 5. The van der Waals surface area contributed by atoms with Gasteiger partial charge in [-0.05, 0) is 24.3 Å². The van der Waals surface area contributed by atoms with E-state index in [1.165, 1.54) is 19.1 Å². The van der Waals surface area contributed by atoms with E-state index in [0.717, 1.165) is 0 Å². The van der Waals surface area contributed by atoms with E-state index in [9.17, 15) is 14.7 Å². The van der Waals surface area contributed by atoms with Gasteiger partial charge in [-0.2, -0.15) is 0 Å². The van der Waals surface area contributed by atoms with Gasteiger partial charge in [0.25, 0.3) is 5.91 Å². The molecule has 0 spiro atoms. The lowest BCUT2D eigenvalue weighted by Crippen LogP contribution is -2.40. The smallest absolute Gasteiger partial charge is 0.263 e. The number of nitrogens with zero attached hydrogens (tertiary/aromatic N) is 1. The molecule has 2 aromatic carbocycles. The van der Waals surface area contributed by atoms with Crippen LogP contribution in [0.25, 0.3) is 0 Å². The van der Waals surface area contributed by atoms with Gasteiger partial charge in [-0.15, -0.1) is 0 Å². The number of anilines is 1. The van der Waals surface area contributed by atoms with Crippen molar-refractivity contribution in [3.8, 4) is 11.5 Å². The number of carbonyl (C=O) groups excluding carboxylic acids is 2. The Balaban J connectivity index is 1.94. The molecule has 0 radical (unpaired) electrons. The second-order valence-electron chi connectivity index (χ2n) is 5.91. The summed E-state index contributed by atoms with van der Waals surface area (Å²) >= 11 is 0. The van der Waals surface area contributed by atoms with E-state index in [1.807, 2.05) is 0 Å². The van der Waals surface area contributed by atoms with Crippen LogP contribution in [0.4, 0.5) is 5.69 Å². The van der Waals surface area contributed by atoms with Crippen molar-refractivity contribution in [2.45, 2.75) is 12.0 Å². The van der Waals surface area contributed by atoms with E-state index in [2.05, 4.69) is 0 Å². The zero-order valence-corrected chi connectivity index (χ0v) is 14.3. The highest BCUT2D eigenvalue weighted by molar-refractivity contribution is 6.10. The maximum atomic E-state index is 12.7. The van der Waals surface area contributed by atoms with Crippen LogP contribution >= 0.6 is 0 Å². The average Bonchev–Trinajstić information content (AvgIpc) is 2.83. The maximum absolute atomic E-state index is 12.7. The summed E-state index contributed by atoms with van der Waals surface area (Å²) < 4.78 is 10.4. The molecule has 0 aromatic heterocycles. The Morgan fingerprint density at radius 3 is 2.48 bits per heavy atom. The molecule has 6 nitrogen and oxygen atoms in total. The summed E-state index contributed by atoms with van der Waals surface area (Å²) in [6.07, 6.45) is -0.345. The van der Waals surface area contributed by atoms with Gasteiger partial charge >= 0.3 is 0 Å². The molecular formula is C19H19NO5. The van der Waals surface area contributed by atoms with Crippen LogP contribution in [0.1, 0.15) is 22.3 Å². The molecule has 1 amide bonds. The molecule has 0 saturated carbocycles. The predicted octanol–water partition coefficient (Wildman–Crippen LogP) is 2.14. The fourth-order valence-corrected chi connectivity index (χ4v) is 3.13.